The lowest BCUT2D eigenvalue weighted by molar-refractivity contribution is 0.00562. The first kappa shape index (κ1) is 27.3. The molecule has 9 heteroatoms. The van der Waals surface area contributed by atoms with Gasteiger partial charge in [-0.2, -0.15) is 0 Å². The maximum absolute atomic E-state index is 13.3. The summed E-state index contributed by atoms with van der Waals surface area (Å²) in [6.45, 7) is 10.1. The summed E-state index contributed by atoms with van der Waals surface area (Å²) in [5, 5.41) is 1.36. The van der Waals surface area contributed by atoms with Crippen LogP contribution in [0, 0.1) is 0 Å². The molecule has 1 saturated heterocycles. The van der Waals surface area contributed by atoms with Crippen LogP contribution in [0.4, 0.5) is 4.79 Å². The van der Waals surface area contributed by atoms with Crippen molar-refractivity contribution in [3.8, 4) is 11.5 Å². The molecule has 1 amide bonds. The quantitative estimate of drug-likeness (QED) is 0.411. The number of benzene rings is 2. The Morgan fingerprint density at radius 1 is 1.03 bits per heavy atom. The van der Waals surface area contributed by atoms with Gasteiger partial charge < -0.3 is 28.6 Å². The first-order valence-corrected chi connectivity index (χ1v) is 13.9. The molecular formula is C30H36ClN3O5. The minimum Gasteiger partial charge on any atom is -0.486 e. The molecule has 0 saturated carbocycles. The van der Waals surface area contributed by atoms with E-state index in [9.17, 15) is 9.59 Å². The van der Waals surface area contributed by atoms with Gasteiger partial charge in [0.25, 0.3) is 5.56 Å². The van der Waals surface area contributed by atoms with Crippen molar-refractivity contribution < 1.29 is 19.0 Å². The molecule has 208 valence electrons. The maximum Gasteiger partial charge on any atom is 0.410 e. The highest BCUT2D eigenvalue weighted by molar-refractivity contribution is 6.35. The molecule has 3 heterocycles. The number of aromatic nitrogens is 1. The molecule has 1 aromatic heterocycles. The van der Waals surface area contributed by atoms with Crippen LogP contribution in [0.5, 0.6) is 11.5 Å². The molecule has 0 unspecified atom stereocenters. The number of hydrogen-bond donors (Lipinski definition) is 0. The Bertz CT molecular complexity index is 1390. The summed E-state index contributed by atoms with van der Waals surface area (Å²) in [5.74, 6) is 1.44. The lowest BCUT2D eigenvalue weighted by atomic mass is 10.0. The van der Waals surface area contributed by atoms with Crippen molar-refractivity contribution in [2.24, 2.45) is 0 Å². The van der Waals surface area contributed by atoms with Crippen molar-refractivity contribution in [3.05, 3.63) is 69.5 Å². The monoisotopic (exact) mass is 553 g/mol. The number of hydrogen-bond acceptors (Lipinski definition) is 6. The van der Waals surface area contributed by atoms with Gasteiger partial charge in [0.15, 0.2) is 11.5 Å². The van der Waals surface area contributed by atoms with E-state index in [0.29, 0.717) is 37.1 Å². The molecule has 0 N–H and O–H groups in total. The third kappa shape index (κ3) is 6.50. The van der Waals surface area contributed by atoms with Gasteiger partial charge in [0.05, 0.1) is 10.5 Å². The fourth-order valence-electron chi connectivity index (χ4n) is 5.27. The molecule has 0 bridgehead atoms. The van der Waals surface area contributed by atoms with Crippen molar-refractivity contribution in [1.82, 2.24) is 14.4 Å². The van der Waals surface area contributed by atoms with Crippen molar-refractivity contribution in [3.63, 3.8) is 0 Å². The van der Waals surface area contributed by atoms with E-state index in [0.717, 1.165) is 54.7 Å². The van der Waals surface area contributed by atoms with Crippen LogP contribution in [0.3, 0.4) is 0 Å². The van der Waals surface area contributed by atoms with E-state index >= 15 is 0 Å². The van der Waals surface area contributed by atoms with Crippen molar-refractivity contribution in [1.29, 1.82) is 0 Å². The average molecular weight is 554 g/mol. The van der Waals surface area contributed by atoms with Crippen LogP contribution in [0.15, 0.2) is 53.3 Å². The van der Waals surface area contributed by atoms with Gasteiger partial charge in [-0.05, 0) is 57.4 Å². The van der Waals surface area contributed by atoms with Gasteiger partial charge in [-0.3, -0.25) is 4.79 Å². The SMILES string of the molecule is CC(C)(C)OC(=O)N(Cc1ccc2c(c1)OCCO2)C1CCN(CCn2c(=O)cc(Cl)c3ccccc32)CC1. The molecule has 2 aliphatic heterocycles. The number of nitrogens with zero attached hydrogens (tertiary/aromatic N) is 3. The summed E-state index contributed by atoms with van der Waals surface area (Å²) in [6.07, 6.45) is 1.33. The number of halogens is 1. The maximum atomic E-state index is 13.3. The number of pyridine rings is 1. The molecule has 39 heavy (non-hydrogen) atoms. The standard InChI is InChI=1S/C30H36ClN3O5/c1-30(2,3)39-29(36)34(20-21-8-9-26-27(18-21)38-17-16-37-26)22-10-12-32(13-11-22)14-15-33-25-7-5-4-6-23(25)24(31)19-28(33)35/h4-9,18-19,22H,10-17,20H2,1-3H3. The number of carbonyl (C=O) groups excluding carboxylic acids is 1. The van der Waals surface area contributed by atoms with E-state index in [4.69, 9.17) is 25.8 Å². The van der Waals surface area contributed by atoms with E-state index in [1.165, 1.54) is 6.07 Å². The number of carbonyl (C=O) groups is 1. The summed E-state index contributed by atoms with van der Waals surface area (Å²) >= 11 is 6.31. The molecule has 0 radical (unpaired) electrons. The second-order valence-corrected chi connectivity index (χ2v) is 11.6. The Labute approximate surface area is 234 Å². The topological polar surface area (TPSA) is 73.2 Å². The van der Waals surface area contributed by atoms with Crippen LogP contribution < -0.4 is 15.0 Å². The van der Waals surface area contributed by atoms with Gasteiger partial charge in [-0.15, -0.1) is 0 Å². The fraction of sp³-hybridized carbons (Fsp3) is 0.467. The average Bonchev–Trinajstić information content (AvgIpc) is 2.91. The molecule has 2 aromatic carbocycles. The Kier molecular flexibility index (Phi) is 8.05. The Morgan fingerprint density at radius 2 is 1.74 bits per heavy atom. The minimum absolute atomic E-state index is 0.0448. The smallest absolute Gasteiger partial charge is 0.410 e. The Morgan fingerprint density at radius 3 is 2.49 bits per heavy atom. The van der Waals surface area contributed by atoms with Crippen molar-refractivity contribution in [2.75, 3.05) is 32.8 Å². The Hall–Kier alpha value is -3.23. The Balaban J connectivity index is 1.26. The number of rotatable bonds is 6. The highest BCUT2D eigenvalue weighted by Crippen LogP contribution is 2.32. The largest absolute Gasteiger partial charge is 0.486 e. The zero-order chi connectivity index (χ0) is 27.6. The highest BCUT2D eigenvalue weighted by atomic mass is 35.5. The third-order valence-corrected chi connectivity index (χ3v) is 7.51. The molecule has 0 aliphatic carbocycles. The number of para-hydroxylation sites is 1. The number of amides is 1. The molecule has 3 aromatic rings. The molecule has 2 aliphatic rings. The van der Waals surface area contributed by atoms with Crippen LogP contribution in [-0.4, -0.2) is 65.0 Å². The van der Waals surface area contributed by atoms with E-state index < -0.39 is 5.60 Å². The number of ether oxygens (including phenoxy) is 3. The summed E-state index contributed by atoms with van der Waals surface area (Å²) in [5.41, 5.74) is 1.14. The van der Waals surface area contributed by atoms with Crippen LogP contribution in [0.1, 0.15) is 39.2 Å². The second kappa shape index (κ2) is 11.5. The first-order chi connectivity index (χ1) is 18.7. The first-order valence-electron chi connectivity index (χ1n) is 13.6. The van der Waals surface area contributed by atoms with Gasteiger partial charge >= 0.3 is 6.09 Å². The molecule has 8 nitrogen and oxygen atoms in total. The highest BCUT2D eigenvalue weighted by Gasteiger charge is 2.31. The minimum atomic E-state index is -0.586. The van der Waals surface area contributed by atoms with Crippen molar-refractivity contribution >= 4 is 28.6 Å². The summed E-state index contributed by atoms with van der Waals surface area (Å²) in [7, 11) is 0. The normalized spacial score (nSPS) is 16.3. The molecular weight excluding hydrogens is 518 g/mol. The van der Waals surface area contributed by atoms with E-state index in [-0.39, 0.29) is 17.7 Å². The summed E-state index contributed by atoms with van der Waals surface area (Å²) in [4.78, 5) is 30.2. The van der Waals surface area contributed by atoms with Crippen molar-refractivity contribution in [2.45, 2.75) is 58.3 Å². The van der Waals surface area contributed by atoms with E-state index in [1.807, 2.05) is 68.1 Å². The van der Waals surface area contributed by atoms with E-state index in [1.54, 1.807) is 4.57 Å². The zero-order valence-corrected chi connectivity index (χ0v) is 23.6. The third-order valence-electron chi connectivity index (χ3n) is 7.19. The number of likely N-dealkylation sites (tertiary alicyclic amines) is 1. The van der Waals surface area contributed by atoms with E-state index in [2.05, 4.69) is 4.90 Å². The summed E-state index contributed by atoms with van der Waals surface area (Å²) < 4.78 is 19.0. The predicted molar refractivity (Wildman–Crippen MR) is 152 cm³/mol. The van der Waals surface area contributed by atoms with Crippen LogP contribution in [-0.2, 0) is 17.8 Å². The van der Waals surface area contributed by atoms with Gasteiger partial charge in [-0.1, -0.05) is 35.9 Å². The molecule has 5 rings (SSSR count). The van der Waals surface area contributed by atoms with Gasteiger partial charge in [-0.25, -0.2) is 4.79 Å². The summed E-state index contributed by atoms with van der Waals surface area (Å²) in [6, 6.07) is 15.1. The fourth-order valence-corrected chi connectivity index (χ4v) is 5.52. The van der Waals surface area contributed by atoms with Gasteiger partial charge in [0.2, 0.25) is 0 Å². The van der Waals surface area contributed by atoms with Gasteiger partial charge in [0, 0.05) is 50.2 Å². The van der Waals surface area contributed by atoms with Crippen LogP contribution >= 0.6 is 11.6 Å². The predicted octanol–water partition coefficient (Wildman–Crippen LogP) is 5.33. The molecule has 0 atom stereocenters. The second-order valence-electron chi connectivity index (χ2n) is 11.2. The number of piperidine rings is 1. The number of fused-ring (bicyclic) bond motifs is 2. The lowest BCUT2D eigenvalue weighted by Crippen LogP contribution is -2.49. The van der Waals surface area contributed by atoms with Gasteiger partial charge in [0.1, 0.15) is 18.8 Å². The van der Waals surface area contributed by atoms with Crippen LogP contribution in [0.25, 0.3) is 10.9 Å². The lowest BCUT2D eigenvalue weighted by Gasteiger charge is -2.39. The molecule has 0 spiro atoms. The molecule has 1 fully saturated rings. The van der Waals surface area contributed by atoms with Crippen LogP contribution in [0.2, 0.25) is 5.02 Å². The zero-order valence-electron chi connectivity index (χ0n) is 22.8.